The zero-order chi connectivity index (χ0) is 16.5. The van der Waals surface area contributed by atoms with Crippen LogP contribution < -0.4 is 11.1 Å². The van der Waals surface area contributed by atoms with Crippen molar-refractivity contribution < 1.29 is 9.72 Å². The number of nitro groups is 1. The van der Waals surface area contributed by atoms with E-state index in [-0.39, 0.29) is 17.5 Å². The summed E-state index contributed by atoms with van der Waals surface area (Å²) in [7, 11) is 0. The second kappa shape index (κ2) is 9.15. The van der Waals surface area contributed by atoms with E-state index >= 15 is 0 Å². The van der Waals surface area contributed by atoms with Crippen molar-refractivity contribution >= 4 is 11.6 Å². The highest BCUT2D eigenvalue weighted by Crippen LogP contribution is 2.13. The Morgan fingerprint density at radius 2 is 1.95 bits per heavy atom. The second-order valence-electron chi connectivity index (χ2n) is 5.58. The van der Waals surface area contributed by atoms with Gasteiger partial charge in [0, 0.05) is 18.7 Å². The normalized spacial score (nSPS) is 13.4. The van der Waals surface area contributed by atoms with Gasteiger partial charge in [0.05, 0.1) is 11.0 Å². The standard InChI is InChI=1S/C16H25N3O3/c1-3-12(2)15(17)16(20)18-11-5-4-6-13-7-9-14(10-8-13)19(21)22/h7-10,12,15H,3-6,11,17H2,1-2H3,(H,18,20). The predicted octanol–water partition coefficient (Wildman–Crippen LogP) is 2.41. The number of carbonyl (C=O) groups is 1. The Hall–Kier alpha value is -1.95. The van der Waals surface area contributed by atoms with Gasteiger partial charge in [0.1, 0.15) is 0 Å². The van der Waals surface area contributed by atoms with Crippen LogP contribution in [-0.2, 0) is 11.2 Å². The average molecular weight is 307 g/mol. The summed E-state index contributed by atoms with van der Waals surface area (Å²) >= 11 is 0. The maximum Gasteiger partial charge on any atom is 0.269 e. The third kappa shape index (κ3) is 5.81. The van der Waals surface area contributed by atoms with E-state index < -0.39 is 11.0 Å². The molecule has 0 radical (unpaired) electrons. The van der Waals surface area contributed by atoms with E-state index in [4.69, 9.17) is 5.73 Å². The Bertz CT molecular complexity index is 488. The first-order valence-corrected chi connectivity index (χ1v) is 7.72. The minimum Gasteiger partial charge on any atom is -0.355 e. The lowest BCUT2D eigenvalue weighted by Gasteiger charge is -2.17. The van der Waals surface area contributed by atoms with E-state index in [2.05, 4.69) is 5.32 Å². The van der Waals surface area contributed by atoms with Crippen molar-refractivity contribution in [1.82, 2.24) is 5.32 Å². The quantitative estimate of drug-likeness (QED) is 0.416. The van der Waals surface area contributed by atoms with Gasteiger partial charge >= 0.3 is 0 Å². The van der Waals surface area contributed by atoms with E-state index in [9.17, 15) is 14.9 Å². The van der Waals surface area contributed by atoms with Crippen molar-refractivity contribution in [3.8, 4) is 0 Å². The Morgan fingerprint density at radius 1 is 1.32 bits per heavy atom. The van der Waals surface area contributed by atoms with Gasteiger partial charge in [-0.25, -0.2) is 0 Å². The summed E-state index contributed by atoms with van der Waals surface area (Å²) in [6, 6.07) is 6.13. The summed E-state index contributed by atoms with van der Waals surface area (Å²) in [5.41, 5.74) is 7.02. The summed E-state index contributed by atoms with van der Waals surface area (Å²) in [6.07, 6.45) is 3.49. The van der Waals surface area contributed by atoms with Crippen molar-refractivity contribution in [1.29, 1.82) is 0 Å². The fourth-order valence-corrected chi connectivity index (χ4v) is 2.08. The van der Waals surface area contributed by atoms with Crippen LogP contribution in [0.25, 0.3) is 0 Å². The summed E-state index contributed by atoms with van der Waals surface area (Å²) in [4.78, 5) is 21.9. The first kappa shape index (κ1) is 18.1. The van der Waals surface area contributed by atoms with Crippen molar-refractivity contribution in [3.63, 3.8) is 0 Å². The SMILES string of the molecule is CCC(C)C(N)C(=O)NCCCCc1ccc([N+](=O)[O-])cc1. The van der Waals surface area contributed by atoms with Crippen LogP contribution in [0.4, 0.5) is 5.69 Å². The number of nitrogens with zero attached hydrogens (tertiary/aromatic N) is 1. The molecule has 1 rings (SSSR count). The minimum atomic E-state index is -0.445. The van der Waals surface area contributed by atoms with Crippen molar-refractivity contribution in [3.05, 3.63) is 39.9 Å². The van der Waals surface area contributed by atoms with E-state index in [1.165, 1.54) is 12.1 Å². The van der Waals surface area contributed by atoms with Crippen LogP contribution in [0, 0.1) is 16.0 Å². The van der Waals surface area contributed by atoms with Gasteiger partial charge in [-0.2, -0.15) is 0 Å². The van der Waals surface area contributed by atoms with Gasteiger partial charge in [0.2, 0.25) is 5.91 Å². The van der Waals surface area contributed by atoms with Crippen molar-refractivity contribution in [2.45, 2.75) is 45.6 Å². The molecule has 6 nitrogen and oxygen atoms in total. The highest BCUT2D eigenvalue weighted by molar-refractivity contribution is 5.81. The van der Waals surface area contributed by atoms with Gasteiger partial charge in [-0.05, 0) is 30.7 Å². The van der Waals surface area contributed by atoms with Crippen molar-refractivity contribution in [2.24, 2.45) is 11.7 Å². The van der Waals surface area contributed by atoms with Gasteiger partial charge in [-0.1, -0.05) is 32.4 Å². The van der Waals surface area contributed by atoms with Crippen LogP contribution in [0.1, 0.15) is 38.7 Å². The van der Waals surface area contributed by atoms with Gasteiger partial charge in [0.25, 0.3) is 5.69 Å². The molecule has 1 amide bonds. The molecule has 0 heterocycles. The van der Waals surface area contributed by atoms with E-state index in [1.807, 2.05) is 13.8 Å². The molecular weight excluding hydrogens is 282 g/mol. The van der Waals surface area contributed by atoms with Crippen molar-refractivity contribution in [2.75, 3.05) is 6.54 Å². The minimum absolute atomic E-state index is 0.0929. The zero-order valence-electron chi connectivity index (χ0n) is 13.2. The number of aryl methyl sites for hydroxylation is 1. The molecule has 0 aliphatic carbocycles. The number of benzene rings is 1. The molecule has 1 aromatic carbocycles. The molecule has 3 N–H and O–H groups in total. The Balaban J connectivity index is 2.22. The highest BCUT2D eigenvalue weighted by atomic mass is 16.6. The van der Waals surface area contributed by atoms with Crippen LogP contribution >= 0.6 is 0 Å². The van der Waals surface area contributed by atoms with Gasteiger partial charge in [0.15, 0.2) is 0 Å². The molecule has 22 heavy (non-hydrogen) atoms. The number of non-ortho nitro benzene ring substituents is 1. The number of nitro benzene ring substituents is 1. The van der Waals surface area contributed by atoms with Gasteiger partial charge in [-0.3, -0.25) is 14.9 Å². The summed E-state index contributed by atoms with van der Waals surface area (Å²) in [5.74, 6) is 0.0878. The van der Waals surface area contributed by atoms with Gasteiger partial charge < -0.3 is 11.1 Å². The average Bonchev–Trinajstić information content (AvgIpc) is 2.53. The maximum atomic E-state index is 11.8. The second-order valence-corrected chi connectivity index (χ2v) is 5.58. The summed E-state index contributed by atoms with van der Waals surface area (Å²) in [5, 5.41) is 13.4. The molecule has 6 heteroatoms. The Morgan fingerprint density at radius 3 is 2.50 bits per heavy atom. The smallest absolute Gasteiger partial charge is 0.269 e. The summed E-state index contributed by atoms with van der Waals surface area (Å²) in [6.45, 7) is 4.59. The zero-order valence-corrected chi connectivity index (χ0v) is 13.2. The topological polar surface area (TPSA) is 98.3 Å². The predicted molar refractivity (Wildman–Crippen MR) is 86.5 cm³/mol. The highest BCUT2D eigenvalue weighted by Gasteiger charge is 2.18. The van der Waals surface area contributed by atoms with Crippen LogP contribution in [-0.4, -0.2) is 23.4 Å². The first-order chi connectivity index (χ1) is 10.5. The number of unbranched alkanes of at least 4 members (excludes halogenated alkanes) is 1. The molecule has 0 aliphatic heterocycles. The maximum absolute atomic E-state index is 11.8. The lowest BCUT2D eigenvalue weighted by Crippen LogP contribution is -2.44. The molecule has 0 saturated heterocycles. The number of nitrogens with two attached hydrogens (primary N) is 1. The van der Waals surface area contributed by atoms with Crippen LogP contribution in [0.3, 0.4) is 0 Å². The van der Waals surface area contributed by atoms with Crippen LogP contribution in [0.2, 0.25) is 0 Å². The number of hydrogen-bond donors (Lipinski definition) is 2. The Kier molecular flexibility index (Phi) is 7.52. The van der Waals surface area contributed by atoms with Crippen LogP contribution in [0.5, 0.6) is 0 Å². The number of hydrogen-bond acceptors (Lipinski definition) is 4. The lowest BCUT2D eigenvalue weighted by molar-refractivity contribution is -0.384. The number of rotatable bonds is 9. The number of nitrogens with one attached hydrogen (secondary N) is 1. The molecule has 0 saturated carbocycles. The fraction of sp³-hybridized carbons (Fsp3) is 0.562. The number of amides is 1. The first-order valence-electron chi connectivity index (χ1n) is 7.72. The molecule has 0 aliphatic rings. The Labute approximate surface area is 131 Å². The van der Waals surface area contributed by atoms with E-state index in [1.54, 1.807) is 12.1 Å². The largest absolute Gasteiger partial charge is 0.355 e. The molecule has 122 valence electrons. The summed E-state index contributed by atoms with van der Waals surface area (Å²) < 4.78 is 0. The molecule has 0 bridgehead atoms. The fourth-order valence-electron chi connectivity index (χ4n) is 2.08. The number of carbonyl (C=O) groups excluding carboxylic acids is 1. The molecule has 1 aromatic rings. The third-order valence-electron chi connectivity index (χ3n) is 3.90. The van der Waals surface area contributed by atoms with Crippen LogP contribution in [0.15, 0.2) is 24.3 Å². The molecule has 0 spiro atoms. The lowest BCUT2D eigenvalue weighted by atomic mass is 9.99. The molecular formula is C16H25N3O3. The van der Waals surface area contributed by atoms with E-state index in [0.29, 0.717) is 6.54 Å². The molecule has 2 atom stereocenters. The van der Waals surface area contributed by atoms with Gasteiger partial charge in [-0.15, -0.1) is 0 Å². The molecule has 2 unspecified atom stereocenters. The molecule has 0 aromatic heterocycles. The molecule has 0 fully saturated rings. The van der Waals surface area contributed by atoms with E-state index in [0.717, 1.165) is 31.2 Å². The monoisotopic (exact) mass is 307 g/mol. The third-order valence-corrected chi connectivity index (χ3v) is 3.90.